The first-order valence-corrected chi connectivity index (χ1v) is 5.11. The molecule has 18 heavy (non-hydrogen) atoms. The van der Waals surface area contributed by atoms with E-state index >= 15 is 0 Å². The van der Waals surface area contributed by atoms with Crippen molar-refractivity contribution in [3.05, 3.63) is 5.69 Å². The second kappa shape index (κ2) is 5.80. The summed E-state index contributed by atoms with van der Waals surface area (Å²) in [7, 11) is 1.24. The summed E-state index contributed by atoms with van der Waals surface area (Å²) >= 11 is 0. The third kappa shape index (κ3) is 3.58. The molecule has 1 heterocycles. The van der Waals surface area contributed by atoms with Gasteiger partial charge in [0.05, 0.1) is 25.6 Å². The van der Waals surface area contributed by atoms with Gasteiger partial charge in [-0.1, -0.05) is 0 Å². The number of anilines is 2. The molecular formula is C10H14N4O4. The van der Waals surface area contributed by atoms with E-state index in [1.165, 1.54) is 7.11 Å². The molecule has 0 spiro atoms. The third-order valence-electron chi connectivity index (χ3n) is 2.06. The summed E-state index contributed by atoms with van der Waals surface area (Å²) in [5.74, 6) is -1.08. The normalized spacial score (nSPS) is 9.89. The van der Waals surface area contributed by atoms with Gasteiger partial charge >= 0.3 is 11.9 Å². The SMILES string of the molecule is COC(=O)CCC(=O)Oc1c(C)nc(N)nc1N. The van der Waals surface area contributed by atoms with Gasteiger partial charge in [-0.05, 0) is 6.92 Å². The van der Waals surface area contributed by atoms with Crippen molar-refractivity contribution in [1.29, 1.82) is 0 Å². The molecule has 0 fully saturated rings. The van der Waals surface area contributed by atoms with Crippen LogP contribution in [-0.2, 0) is 14.3 Å². The monoisotopic (exact) mass is 254 g/mol. The number of ether oxygens (including phenoxy) is 2. The van der Waals surface area contributed by atoms with Crippen LogP contribution in [-0.4, -0.2) is 29.0 Å². The molecule has 0 unspecified atom stereocenters. The average Bonchev–Trinajstić information content (AvgIpc) is 2.30. The van der Waals surface area contributed by atoms with E-state index in [1.54, 1.807) is 6.92 Å². The zero-order valence-electron chi connectivity index (χ0n) is 10.1. The number of nitrogen functional groups attached to an aromatic ring is 2. The third-order valence-corrected chi connectivity index (χ3v) is 2.06. The number of carbonyl (C=O) groups excluding carboxylic acids is 2. The summed E-state index contributed by atoms with van der Waals surface area (Å²) in [6.07, 6.45) is -0.181. The molecule has 0 radical (unpaired) electrons. The minimum absolute atomic E-state index is 0.000593. The number of esters is 2. The highest BCUT2D eigenvalue weighted by Crippen LogP contribution is 2.23. The molecule has 1 aromatic rings. The van der Waals surface area contributed by atoms with E-state index in [1.807, 2.05) is 0 Å². The Kier molecular flexibility index (Phi) is 4.41. The first kappa shape index (κ1) is 13.7. The maximum Gasteiger partial charge on any atom is 0.311 e. The molecule has 0 aliphatic rings. The molecule has 0 aliphatic carbocycles. The zero-order valence-corrected chi connectivity index (χ0v) is 10.1. The van der Waals surface area contributed by atoms with E-state index < -0.39 is 11.9 Å². The van der Waals surface area contributed by atoms with Crippen LogP contribution in [0.2, 0.25) is 0 Å². The van der Waals surface area contributed by atoms with Gasteiger partial charge < -0.3 is 20.9 Å². The minimum Gasteiger partial charge on any atom is -0.469 e. The fourth-order valence-electron chi connectivity index (χ4n) is 1.20. The molecular weight excluding hydrogens is 240 g/mol. The van der Waals surface area contributed by atoms with Crippen molar-refractivity contribution in [2.24, 2.45) is 0 Å². The molecule has 8 heteroatoms. The first-order valence-electron chi connectivity index (χ1n) is 5.11. The van der Waals surface area contributed by atoms with Crippen LogP contribution in [0.4, 0.5) is 11.8 Å². The molecule has 0 saturated carbocycles. The van der Waals surface area contributed by atoms with E-state index in [4.69, 9.17) is 16.2 Å². The Morgan fingerprint density at radius 2 is 1.78 bits per heavy atom. The lowest BCUT2D eigenvalue weighted by molar-refractivity contribution is -0.144. The molecule has 0 amide bonds. The second-order valence-electron chi connectivity index (χ2n) is 3.43. The highest BCUT2D eigenvalue weighted by atomic mass is 16.5. The van der Waals surface area contributed by atoms with Gasteiger partial charge in [-0.25, -0.2) is 4.98 Å². The standard InChI is InChI=1S/C10H14N4O4/c1-5-8(9(11)14-10(12)13-5)18-7(16)4-3-6(15)17-2/h3-4H2,1-2H3,(H4,11,12,13,14). The fraction of sp³-hybridized carbons (Fsp3) is 0.400. The molecule has 98 valence electrons. The lowest BCUT2D eigenvalue weighted by atomic mass is 10.3. The number of nitrogens with zero attached hydrogens (tertiary/aromatic N) is 2. The van der Waals surface area contributed by atoms with Crippen molar-refractivity contribution >= 4 is 23.7 Å². The molecule has 0 saturated heterocycles. The first-order chi connectivity index (χ1) is 8.43. The van der Waals surface area contributed by atoms with Gasteiger partial charge in [0.1, 0.15) is 0 Å². The number of aromatic nitrogens is 2. The second-order valence-corrected chi connectivity index (χ2v) is 3.43. The summed E-state index contributed by atoms with van der Waals surface area (Å²) in [6, 6.07) is 0. The maximum atomic E-state index is 11.4. The molecule has 0 bridgehead atoms. The van der Waals surface area contributed by atoms with Crippen molar-refractivity contribution in [3.8, 4) is 5.75 Å². The number of hydrogen-bond acceptors (Lipinski definition) is 8. The predicted molar refractivity (Wildman–Crippen MR) is 62.5 cm³/mol. The lowest BCUT2D eigenvalue weighted by Crippen LogP contribution is -2.14. The number of carbonyl (C=O) groups is 2. The van der Waals surface area contributed by atoms with E-state index in [9.17, 15) is 9.59 Å². The molecule has 0 aromatic carbocycles. The van der Waals surface area contributed by atoms with E-state index in [0.717, 1.165) is 0 Å². The van der Waals surface area contributed by atoms with Crippen LogP contribution >= 0.6 is 0 Å². The molecule has 8 nitrogen and oxygen atoms in total. The summed E-state index contributed by atoms with van der Waals surface area (Å²) < 4.78 is 9.37. The zero-order chi connectivity index (χ0) is 13.7. The van der Waals surface area contributed by atoms with E-state index in [2.05, 4.69) is 14.7 Å². The van der Waals surface area contributed by atoms with Gasteiger partial charge in [0, 0.05) is 0 Å². The van der Waals surface area contributed by atoms with Gasteiger partial charge in [0.15, 0.2) is 11.6 Å². The maximum absolute atomic E-state index is 11.4. The molecule has 0 atom stereocenters. The van der Waals surface area contributed by atoms with Crippen LogP contribution in [0, 0.1) is 6.92 Å². The van der Waals surface area contributed by atoms with Crippen molar-refractivity contribution in [3.63, 3.8) is 0 Å². The van der Waals surface area contributed by atoms with Gasteiger partial charge in [-0.3, -0.25) is 9.59 Å². The summed E-state index contributed by atoms with van der Waals surface area (Å²) in [6.45, 7) is 1.58. The van der Waals surface area contributed by atoms with Crippen molar-refractivity contribution in [1.82, 2.24) is 9.97 Å². The van der Waals surface area contributed by atoms with Crippen LogP contribution in [0.1, 0.15) is 18.5 Å². The Balaban J connectivity index is 2.68. The van der Waals surface area contributed by atoms with Crippen LogP contribution in [0.3, 0.4) is 0 Å². The van der Waals surface area contributed by atoms with Crippen molar-refractivity contribution < 1.29 is 19.1 Å². The van der Waals surface area contributed by atoms with E-state index in [-0.39, 0.29) is 30.4 Å². The van der Waals surface area contributed by atoms with Crippen LogP contribution < -0.4 is 16.2 Å². The Hall–Kier alpha value is -2.38. The summed E-state index contributed by atoms with van der Waals surface area (Å²) in [4.78, 5) is 29.8. The van der Waals surface area contributed by atoms with Crippen molar-refractivity contribution in [2.75, 3.05) is 18.6 Å². The fourth-order valence-corrected chi connectivity index (χ4v) is 1.20. The van der Waals surface area contributed by atoms with Gasteiger partial charge in [0.2, 0.25) is 5.95 Å². The number of methoxy groups -OCH3 is 1. The molecule has 4 N–H and O–H groups in total. The number of hydrogen-bond donors (Lipinski definition) is 2. The topological polar surface area (TPSA) is 130 Å². The molecule has 1 aromatic heterocycles. The smallest absolute Gasteiger partial charge is 0.311 e. The predicted octanol–water partition coefficient (Wildman–Crippen LogP) is -0.192. The Bertz CT molecular complexity index is 452. The van der Waals surface area contributed by atoms with Crippen LogP contribution in [0.25, 0.3) is 0 Å². The Morgan fingerprint density at radius 1 is 1.17 bits per heavy atom. The highest BCUT2D eigenvalue weighted by molar-refractivity contribution is 5.79. The highest BCUT2D eigenvalue weighted by Gasteiger charge is 2.15. The molecule has 1 rings (SSSR count). The summed E-state index contributed by atoms with van der Waals surface area (Å²) in [5.41, 5.74) is 11.3. The number of rotatable bonds is 4. The minimum atomic E-state index is -0.622. The van der Waals surface area contributed by atoms with E-state index in [0.29, 0.717) is 5.69 Å². The Morgan fingerprint density at radius 3 is 2.33 bits per heavy atom. The van der Waals surface area contributed by atoms with Crippen LogP contribution in [0.5, 0.6) is 5.75 Å². The Labute approximate surface area is 103 Å². The van der Waals surface area contributed by atoms with Gasteiger partial charge in [0.25, 0.3) is 0 Å². The summed E-state index contributed by atoms with van der Waals surface area (Å²) in [5, 5.41) is 0. The molecule has 0 aliphatic heterocycles. The number of nitrogens with two attached hydrogens (primary N) is 2. The lowest BCUT2D eigenvalue weighted by Gasteiger charge is -2.08. The number of aryl methyl sites for hydroxylation is 1. The quantitative estimate of drug-likeness (QED) is 0.707. The van der Waals surface area contributed by atoms with Gasteiger partial charge in [-0.15, -0.1) is 0 Å². The van der Waals surface area contributed by atoms with Crippen molar-refractivity contribution in [2.45, 2.75) is 19.8 Å². The largest absolute Gasteiger partial charge is 0.469 e. The van der Waals surface area contributed by atoms with Crippen LogP contribution in [0.15, 0.2) is 0 Å². The average molecular weight is 254 g/mol. The van der Waals surface area contributed by atoms with Gasteiger partial charge in [-0.2, -0.15) is 4.98 Å².